The number of aromatic carboxylic acids is 1. The first-order chi connectivity index (χ1) is 7.49. The molecule has 4 heteroatoms. The molecule has 0 saturated heterocycles. The monoisotopic (exact) mass is 281 g/mol. The van der Waals surface area contributed by atoms with Gasteiger partial charge in [-0.3, -0.25) is 0 Å². The van der Waals surface area contributed by atoms with Gasteiger partial charge in [-0.1, -0.05) is 21.5 Å². The van der Waals surface area contributed by atoms with Crippen LogP contribution in [0.3, 0.4) is 0 Å². The van der Waals surface area contributed by atoms with Gasteiger partial charge in [0.2, 0.25) is 0 Å². The van der Waals surface area contributed by atoms with Crippen molar-refractivity contribution in [3.63, 3.8) is 0 Å². The minimum Gasteiger partial charge on any atom is -0.478 e. The summed E-state index contributed by atoms with van der Waals surface area (Å²) in [6.07, 6.45) is 0.673. The van der Waals surface area contributed by atoms with Gasteiger partial charge in [-0.2, -0.15) is 0 Å². The molecule has 3 nitrogen and oxygen atoms in total. The standard InChI is InChI=1S/C12H12BrNO2/c1-6(2)10-5-8-9(12(15)16)3-7(13)4-11(8)14-10/h3-4,14H,5H2,1-2H3,(H,15,16). The predicted octanol–water partition coefficient (Wildman–Crippen LogP) is 3.41. The van der Waals surface area contributed by atoms with Gasteiger partial charge in [0.25, 0.3) is 0 Å². The molecule has 0 spiro atoms. The number of nitrogens with one attached hydrogen (secondary N) is 1. The number of carboxylic acids is 1. The van der Waals surface area contributed by atoms with Crippen molar-refractivity contribution in [2.75, 3.05) is 5.32 Å². The number of benzene rings is 1. The van der Waals surface area contributed by atoms with Gasteiger partial charge in [-0.05, 0) is 31.5 Å². The van der Waals surface area contributed by atoms with Gasteiger partial charge >= 0.3 is 5.97 Å². The van der Waals surface area contributed by atoms with E-state index in [0.717, 1.165) is 21.4 Å². The van der Waals surface area contributed by atoms with E-state index in [2.05, 4.69) is 21.2 Å². The molecular formula is C12H12BrNO2. The quantitative estimate of drug-likeness (QED) is 0.829. The van der Waals surface area contributed by atoms with Crippen molar-refractivity contribution in [3.05, 3.63) is 39.0 Å². The highest BCUT2D eigenvalue weighted by atomic mass is 79.9. The maximum atomic E-state index is 11.1. The molecule has 16 heavy (non-hydrogen) atoms. The van der Waals surface area contributed by atoms with E-state index in [1.807, 2.05) is 19.9 Å². The third-order valence-corrected chi connectivity index (χ3v) is 3.15. The Bertz CT molecular complexity index is 502. The third kappa shape index (κ3) is 1.85. The van der Waals surface area contributed by atoms with Crippen LogP contribution < -0.4 is 5.32 Å². The first-order valence-electron chi connectivity index (χ1n) is 4.98. The van der Waals surface area contributed by atoms with E-state index in [4.69, 9.17) is 5.11 Å². The number of anilines is 1. The van der Waals surface area contributed by atoms with Crippen LogP contribution in [0.5, 0.6) is 0 Å². The average molecular weight is 282 g/mol. The maximum absolute atomic E-state index is 11.1. The highest BCUT2D eigenvalue weighted by Crippen LogP contribution is 2.34. The molecule has 0 amide bonds. The maximum Gasteiger partial charge on any atom is 0.336 e. The zero-order valence-corrected chi connectivity index (χ0v) is 10.7. The molecule has 0 atom stereocenters. The van der Waals surface area contributed by atoms with Crippen molar-refractivity contribution in [1.82, 2.24) is 0 Å². The predicted molar refractivity (Wildman–Crippen MR) is 66.8 cm³/mol. The van der Waals surface area contributed by atoms with E-state index in [0.29, 0.717) is 12.0 Å². The Morgan fingerprint density at radius 1 is 1.44 bits per heavy atom. The van der Waals surface area contributed by atoms with Crippen LogP contribution in [0.1, 0.15) is 29.8 Å². The molecule has 0 unspecified atom stereocenters. The number of hydrogen-bond acceptors (Lipinski definition) is 2. The van der Waals surface area contributed by atoms with E-state index < -0.39 is 5.97 Å². The fourth-order valence-electron chi connectivity index (χ4n) is 1.81. The van der Waals surface area contributed by atoms with Gasteiger partial charge in [-0.15, -0.1) is 0 Å². The van der Waals surface area contributed by atoms with E-state index in [1.54, 1.807) is 6.07 Å². The van der Waals surface area contributed by atoms with E-state index in [-0.39, 0.29) is 0 Å². The Hall–Kier alpha value is -1.29. The topological polar surface area (TPSA) is 49.3 Å². The number of rotatable bonds is 1. The van der Waals surface area contributed by atoms with Crippen LogP contribution in [0.4, 0.5) is 5.69 Å². The average Bonchev–Trinajstić information content (AvgIpc) is 2.59. The van der Waals surface area contributed by atoms with Crippen LogP contribution in [0.15, 0.2) is 27.9 Å². The van der Waals surface area contributed by atoms with Crippen molar-refractivity contribution in [2.24, 2.45) is 0 Å². The summed E-state index contributed by atoms with van der Waals surface area (Å²) in [6, 6.07) is 3.56. The summed E-state index contributed by atoms with van der Waals surface area (Å²) in [5.41, 5.74) is 4.40. The van der Waals surface area contributed by atoms with Crippen molar-refractivity contribution in [3.8, 4) is 0 Å². The normalized spacial score (nSPS) is 13.3. The molecule has 1 heterocycles. The summed E-state index contributed by atoms with van der Waals surface area (Å²) in [5, 5.41) is 12.4. The minimum atomic E-state index is -0.880. The lowest BCUT2D eigenvalue weighted by Crippen LogP contribution is -2.00. The second kappa shape index (κ2) is 3.94. The molecule has 0 saturated carbocycles. The number of carboxylic acid groups (broad SMARTS) is 1. The molecule has 2 rings (SSSR count). The summed E-state index contributed by atoms with van der Waals surface area (Å²) in [6.45, 7) is 4.04. The molecule has 2 N–H and O–H groups in total. The Kier molecular flexibility index (Phi) is 2.76. The van der Waals surface area contributed by atoms with Crippen LogP contribution in [-0.2, 0) is 6.42 Å². The molecular weight excluding hydrogens is 270 g/mol. The molecule has 84 valence electrons. The molecule has 0 fully saturated rings. The highest BCUT2D eigenvalue weighted by Gasteiger charge is 2.22. The van der Waals surface area contributed by atoms with E-state index in [1.165, 1.54) is 5.57 Å². The van der Waals surface area contributed by atoms with Gasteiger partial charge in [0, 0.05) is 22.3 Å². The summed E-state index contributed by atoms with van der Waals surface area (Å²) < 4.78 is 0.783. The second-order valence-electron chi connectivity index (χ2n) is 4.06. The van der Waals surface area contributed by atoms with Crippen LogP contribution in [0, 0.1) is 0 Å². The second-order valence-corrected chi connectivity index (χ2v) is 4.98. The number of hydrogen-bond donors (Lipinski definition) is 2. The zero-order valence-electron chi connectivity index (χ0n) is 9.10. The van der Waals surface area contributed by atoms with Crippen LogP contribution >= 0.6 is 15.9 Å². The van der Waals surface area contributed by atoms with Crippen molar-refractivity contribution < 1.29 is 9.90 Å². The molecule has 1 aliphatic rings. The number of carbonyl (C=O) groups is 1. The lowest BCUT2D eigenvalue weighted by atomic mass is 10.0. The number of halogens is 1. The molecule has 1 aliphatic heterocycles. The Balaban J connectivity index is 2.57. The Morgan fingerprint density at radius 3 is 2.69 bits per heavy atom. The Labute approximate surface area is 102 Å². The summed E-state index contributed by atoms with van der Waals surface area (Å²) in [4.78, 5) is 11.1. The largest absolute Gasteiger partial charge is 0.478 e. The fraction of sp³-hybridized carbons (Fsp3) is 0.250. The third-order valence-electron chi connectivity index (χ3n) is 2.69. The first-order valence-corrected chi connectivity index (χ1v) is 5.77. The lowest BCUT2D eigenvalue weighted by molar-refractivity contribution is 0.0696. The van der Waals surface area contributed by atoms with E-state index in [9.17, 15) is 4.79 Å². The van der Waals surface area contributed by atoms with Crippen molar-refractivity contribution in [2.45, 2.75) is 20.3 Å². The molecule has 0 radical (unpaired) electrons. The lowest BCUT2D eigenvalue weighted by Gasteiger charge is -2.04. The summed E-state index contributed by atoms with van der Waals surface area (Å²) >= 11 is 3.32. The first kappa shape index (κ1) is 11.2. The molecule has 0 bridgehead atoms. The van der Waals surface area contributed by atoms with Gasteiger partial charge < -0.3 is 10.4 Å². The SMILES string of the molecule is CC(C)=C1Cc2c(cc(Br)cc2C(=O)O)N1. The van der Waals surface area contributed by atoms with Crippen molar-refractivity contribution >= 4 is 27.6 Å². The van der Waals surface area contributed by atoms with Crippen LogP contribution in [0.25, 0.3) is 0 Å². The molecule has 0 aliphatic carbocycles. The molecule has 0 aromatic heterocycles. The summed E-state index contributed by atoms with van der Waals surface area (Å²) in [5.74, 6) is -0.880. The Morgan fingerprint density at radius 2 is 2.12 bits per heavy atom. The van der Waals surface area contributed by atoms with Gasteiger partial charge in [0.1, 0.15) is 0 Å². The van der Waals surface area contributed by atoms with Gasteiger partial charge in [0.05, 0.1) is 5.56 Å². The molecule has 1 aromatic carbocycles. The van der Waals surface area contributed by atoms with Gasteiger partial charge in [-0.25, -0.2) is 4.79 Å². The van der Waals surface area contributed by atoms with E-state index >= 15 is 0 Å². The highest BCUT2D eigenvalue weighted by molar-refractivity contribution is 9.10. The number of fused-ring (bicyclic) bond motifs is 1. The van der Waals surface area contributed by atoms with Crippen LogP contribution in [0.2, 0.25) is 0 Å². The zero-order chi connectivity index (χ0) is 11.9. The number of allylic oxidation sites excluding steroid dienone is 2. The molecule has 1 aromatic rings. The van der Waals surface area contributed by atoms with Crippen molar-refractivity contribution in [1.29, 1.82) is 0 Å². The smallest absolute Gasteiger partial charge is 0.336 e. The minimum absolute atomic E-state index is 0.369. The van der Waals surface area contributed by atoms with Gasteiger partial charge in [0.15, 0.2) is 0 Å². The summed E-state index contributed by atoms with van der Waals surface area (Å²) in [7, 11) is 0. The van der Waals surface area contributed by atoms with Crippen LogP contribution in [-0.4, -0.2) is 11.1 Å². The fourth-order valence-corrected chi connectivity index (χ4v) is 2.27.